The van der Waals surface area contributed by atoms with Crippen LogP contribution in [0.5, 0.6) is 0 Å². The van der Waals surface area contributed by atoms with Crippen molar-refractivity contribution in [1.82, 2.24) is 0 Å². The zero-order valence-electron chi connectivity index (χ0n) is 14.9. The van der Waals surface area contributed by atoms with Crippen LogP contribution >= 0.6 is 35.0 Å². The number of hydrogen-bond donors (Lipinski definition) is 1. The van der Waals surface area contributed by atoms with E-state index in [4.69, 9.17) is 23.2 Å². The number of halogens is 5. The molecule has 152 valence electrons. The van der Waals surface area contributed by atoms with Gasteiger partial charge in [-0.1, -0.05) is 47.1 Å². The van der Waals surface area contributed by atoms with Gasteiger partial charge < -0.3 is 5.32 Å². The highest BCUT2D eigenvalue weighted by atomic mass is 35.5. The lowest BCUT2D eigenvalue weighted by atomic mass is 10.1. The molecule has 0 bridgehead atoms. The molecule has 3 nitrogen and oxygen atoms in total. The van der Waals surface area contributed by atoms with Crippen LogP contribution in [0.4, 0.5) is 18.9 Å². The van der Waals surface area contributed by atoms with E-state index in [1.807, 2.05) is 6.07 Å². The first-order chi connectivity index (χ1) is 14.2. The molecule has 1 amide bonds. The maximum atomic E-state index is 12.9. The monoisotopic (exact) mass is 466 g/mol. The minimum absolute atomic E-state index is 0.168. The zero-order valence-corrected chi connectivity index (χ0v) is 17.3. The third-order valence-corrected chi connectivity index (χ3v) is 6.01. The van der Waals surface area contributed by atoms with Crippen LogP contribution < -0.4 is 5.32 Å². The Morgan fingerprint density at radius 3 is 2.30 bits per heavy atom. The van der Waals surface area contributed by atoms with Gasteiger partial charge in [0.1, 0.15) is 0 Å². The number of anilines is 1. The van der Waals surface area contributed by atoms with Crippen molar-refractivity contribution in [2.24, 2.45) is 0 Å². The lowest BCUT2D eigenvalue weighted by Crippen LogP contribution is -2.14. The Morgan fingerprint density at radius 2 is 1.67 bits per heavy atom. The number of hydrogen-bond acceptors (Lipinski definition) is 3. The molecule has 0 aliphatic carbocycles. The zero-order chi connectivity index (χ0) is 21.9. The van der Waals surface area contributed by atoms with E-state index in [0.717, 1.165) is 30.0 Å². The number of carbonyl (C=O) groups is 1. The number of carbonyl (C=O) groups excluding carboxylic acids is 1. The summed E-state index contributed by atoms with van der Waals surface area (Å²) >= 11 is 13.6. The molecule has 3 aromatic rings. The van der Waals surface area contributed by atoms with Gasteiger partial charge in [-0.2, -0.15) is 18.4 Å². The molecule has 3 aromatic carbocycles. The molecule has 0 spiro atoms. The molecule has 0 aliphatic rings. The van der Waals surface area contributed by atoms with Crippen LogP contribution in [0, 0.1) is 11.3 Å². The SMILES string of the molecule is N#Cc1ccc(Sc2c(Cl)cccc2Cl)c(NC(=O)c2cccc(C(F)(F)F)c2)c1. The van der Waals surface area contributed by atoms with Crippen molar-refractivity contribution in [3.8, 4) is 6.07 Å². The number of rotatable bonds is 4. The van der Waals surface area contributed by atoms with E-state index in [2.05, 4.69) is 5.32 Å². The standard InChI is InChI=1S/C21H11Cl2F3N2OS/c22-15-5-2-6-16(23)19(15)30-18-8-7-12(11-27)9-17(18)28-20(29)13-3-1-4-14(10-13)21(24,25)26/h1-10H,(H,28,29). The molecule has 0 fully saturated rings. The van der Waals surface area contributed by atoms with Crippen molar-refractivity contribution in [3.63, 3.8) is 0 Å². The summed E-state index contributed by atoms with van der Waals surface area (Å²) in [5.41, 5.74) is -0.585. The Balaban J connectivity index is 1.95. The predicted molar refractivity (Wildman–Crippen MR) is 111 cm³/mol. The van der Waals surface area contributed by atoms with Crippen LogP contribution in [0.15, 0.2) is 70.5 Å². The minimum atomic E-state index is -4.57. The molecule has 0 aromatic heterocycles. The molecule has 3 rings (SSSR count). The summed E-state index contributed by atoms with van der Waals surface area (Å²) in [6.07, 6.45) is -4.57. The molecular formula is C21H11Cl2F3N2OS. The molecule has 30 heavy (non-hydrogen) atoms. The molecular weight excluding hydrogens is 456 g/mol. The number of nitrogens with one attached hydrogen (secondary N) is 1. The lowest BCUT2D eigenvalue weighted by molar-refractivity contribution is -0.137. The van der Waals surface area contributed by atoms with Gasteiger partial charge in [-0.3, -0.25) is 4.79 Å². The van der Waals surface area contributed by atoms with Crippen LogP contribution in [0.2, 0.25) is 10.0 Å². The fourth-order valence-corrected chi connectivity index (χ4v) is 4.04. The summed E-state index contributed by atoms with van der Waals surface area (Å²) in [6, 6.07) is 15.6. The van der Waals surface area contributed by atoms with Gasteiger partial charge in [0.15, 0.2) is 0 Å². The van der Waals surface area contributed by atoms with E-state index in [9.17, 15) is 23.2 Å². The highest BCUT2D eigenvalue weighted by molar-refractivity contribution is 7.99. The summed E-state index contributed by atoms with van der Waals surface area (Å²) in [5.74, 6) is -0.747. The smallest absolute Gasteiger partial charge is 0.321 e. The van der Waals surface area contributed by atoms with Crippen molar-refractivity contribution in [2.45, 2.75) is 16.0 Å². The van der Waals surface area contributed by atoms with Gasteiger partial charge in [0.2, 0.25) is 0 Å². The Hall–Kier alpha value is -2.66. The van der Waals surface area contributed by atoms with Crippen molar-refractivity contribution < 1.29 is 18.0 Å². The number of nitriles is 1. The van der Waals surface area contributed by atoms with Gasteiger partial charge in [-0.05, 0) is 48.5 Å². The predicted octanol–water partition coefficient (Wildman–Crippen LogP) is 7.29. The highest BCUT2D eigenvalue weighted by Crippen LogP contribution is 2.41. The summed E-state index contributed by atoms with van der Waals surface area (Å²) in [5, 5.41) is 12.5. The Labute approximate surface area is 184 Å². The number of amides is 1. The number of nitrogens with zero attached hydrogens (tertiary/aromatic N) is 1. The summed E-state index contributed by atoms with van der Waals surface area (Å²) in [7, 11) is 0. The highest BCUT2D eigenvalue weighted by Gasteiger charge is 2.31. The Bertz CT molecular complexity index is 1140. The van der Waals surface area contributed by atoms with Crippen molar-refractivity contribution >= 4 is 46.6 Å². The fraction of sp³-hybridized carbons (Fsp3) is 0.0476. The average Bonchev–Trinajstić information content (AvgIpc) is 2.71. The Kier molecular flexibility index (Phi) is 6.61. The number of benzene rings is 3. The van der Waals surface area contributed by atoms with Gasteiger partial charge in [0.25, 0.3) is 5.91 Å². The third-order valence-electron chi connectivity index (χ3n) is 3.94. The van der Waals surface area contributed by atoms with E-state index in [-0.39, 0.29) is 16.8 Å². The fourth-order valence-electron chi connectivity index (χ4n) is 2.51. The van der Waals surface area contributed by atoms with E-state index in [0.29, 0.717) is 19.8 Å². The molecule has 0 aliphatic heterocycles. The van der Waals surface area contributed by atoms with Gasteiger partial charge in [0.05, 0.1) is 32.9 Å². The van der Waals surface area contributed by atoms with E-state index >= 15 is 0 Å². The maximum absolute atomic E-state index is 12.9. The topological polar surface area (TPSA) is 52.9 Å². The molecule has 0 saturated carbocycles. The number of alkyl halides is 3. The van der Waals surface area contributed by atoms with Gasteiger partial charge in [0, 0.05) is 15.4 Å². The van der Waals surface area contributed by atoms with Crippen LogP contribution in [-0.2, 0) is 6.18 Å². The van der Waals surface area contributed by atoms with Crippen LogP contribution in [0.25, 0.3) is 0 Å². The summed E-state index contributed by atoms with van der Waals surface area (Å²) < 4.78 is 38.8. The second kappa shape index (κ2) is 9.00. The summed E-state index contributed by atoms with van der Waals surface area (Å²) in [4.78, 5) is 13.7. The van der Waals surface area contributed by atoms with E-state index in [1.54, 1.807) is 30.3 Å². The lowest BCUT2D eigenvalue weighted by Gasteiger charge is -2.14. The van der Waals surface area contributed by atoms with Crippen molar-refractivity contribution in [1.29, 1.82) is 5.26 Å². The van der Waals surface area contributed by atoms with Crippen LogP contribution in [-0.4, -0.2) is 5.91 Å². The average molecular weight is 467 g/mol. The minimum Gasteiger partial charge on any atom is -0.321 e. The summed E-state index contributed by atoms with van der Waals surface area (Å²) in [6.45, 7) is 0. The van der Waals surface area contributed by atoms with Crippen LogP contribution in [0.3, 0.4) is 0 Å². The van der Waals surface area contributed by atoms with Gasteiger partial charge >= 0.3 is 6.18 Å². The van der Waals surface area contributed by atoms with Crippen LogP contribution in [0.1, 0.15) is 21.5 Å². The van der Waals surface area contributed by atoms with Gasteiger partial charge in [-0.15, -0.1) is 0 Å². The van der Waals surface area contributed by atoms with Gasteiger partial charge in [-0.25, -0.2) is 0 Å². The largest absolute Gasteiger partial charge is 0.416 e. The first kappa shape index (κ1) is 22.0. The van der Waals surface area contributed by atoms with Crippen molar-refractivity contribution in [2.75, 3.05) is 5.32 Å². The quantitative estimate of drug-likeness (QED) is 0.439. The third kappa shape index (κ3) is 5.08. The molecule has 1 N–H and O–H groups in total. The molecule has 0 unspecified atom stereocenters. The normalized spacial score (nSPS) is 11.1. The Morgan fingerprint density at radius 1 is 1.00 bits per heavy atom. The molecule has 9 heteroatoms. The molecule has 0 atom stereocenters. The first-order valence-electron chi connectivity index (χ1n) is 8.33. The second-order valence-electron chi connectivity index (χ2n) is 6.01. The molecule has 0 heterocycles. The molecule has 0 radical (unpaired) electrons. The maximum Gasteiger partial charge on any atom is 0.416 e. The van der Waals surface area contributed by atoms with E-state index < -0.39 is 17.6 Å². The molecule has 0 saturated heterocycles. The van der Waals surface area contributed by atoms with E-state index in [1.165, 1.54) is 12.1 Å². The van der Waals surface area contributed by atoms with Crippen molar-refractivity contribution in [3.05, 3.63) is 87.4 Å². The second-order valence-corrected chi connectivity index (χ2v) is 7.87. The first-order valence-corrected chi connectivity index (χ1v) is 9.91.